The van der Waals surface area contributed by atoms with Crippen LogP contribution in [0.15, 0.2) is 11.8 Å². The predicted molar refractivity (Wildman–Crippen MR) is 34.9 cm³/mol. The molecule has 2 nitrogen and oxygen atoms in total. The summed E-state index contributed by atoms with van der Waals surface area (Å²) < 4.78 is 4.91. The Labute approximate surface area is 55.1 Å². The van der Waals surface area contributed by atoms with Crippen molar-refractivity contribution < 1.29 is 9.84 Å². The van der Waals surface area contributed by atoms with E-state index in [4.69, 9.17) is 9.84 Å². The lowest BCUT2D eigenvalue weighted by Crippen LogP contribution is -2.09. The quantitative estimate of drug-likeness (QED) is 0.602. The molecule has 1 rings (SSSR count). The highest BCUT2D eigenvalue weighted by Crippen LogP contribution is 2.15. The summed E-state index contributed by atoms with van der Waals surface area (Å²) in [5.74, 6) is 0. The van der Waals surface area contributed by atoms with Gasteiger partial charge in [-0.1, -0.05) is 13.3 Å². The largest absolute Gasteiger partial charge is 0.498 e. The first-order chi connectivity index (χ1) is 4.34. The number of rotatable bonds is 2. The van der Waals surface area contributed by atoms with Crippen LogP contribution in [0.4, 0.5) is 0 Å². The summed E-state index contributed by atoms with van der Waals surface area (Å²) >= 11 is 0. The van der Waals surface area contributed by atoms with Gasteiger partial charge in [-0.3, -0.25) is 0 Å². The highest BCUT2D eigenvalue weighted by molar-refractivity contribution is 5.08. The Hall–Kier alpha value is -0.500. The number of aliphatic hydroxyl groups excluding tert-OH is 1. The lowest BCUT2D eigenvalue weighted by atomic mass is 10.1. The molecule has 1 aliphatic rings. The van der Waals surface area contributed by atoms with E-state index in [2.05, 4.69) is 6.92 Å². The van der Waals surface area contributed by atoms with Crippen molar-refractivity contribution in [2.45, 2.75) is 25.9 Å². The fraction of sp³-hybridized carbons (Fsp3) is 0.714. The first kappa shape index (κ1) is 6.62. The van der Waals surface area contributed by atoms with E-state index in [0.29, 0.717) is 6.61 Å². The van der Waals surface area contributed by atoms with E-state index in [9.17, 15) is 0 Å². The molecule has 0 spiro atoms. The summed E-state index contributed by atoms with van der Waals surface area (Å²) in [6.45, 7) is 2.54. The minimum absolute atomic E-state index is 0.329. The molecule has 0 aromatic carbocycles. The van der Waals surface area contributed by atoms with Gasteiger partial charge in [0.2, 0.25) is 0 Å². The molecule has 2 heteroatoms. The number of ether oxygens (including phenoxy) is 1. The van der Waals surface area contributed by atoms with Crippen LogP contribution in [-0.2, 0) is 4.74 Å². The van der Waals surface area contributed by atoms with Crippen molar-refractivity contribution in [1.29, 1.82) is 0 Å². The van der Waals surface area contributed by atoms with Gasteiger partial charge in [-0.25, -0.2) is 0 Å². The molecule has 1 atom stereocenters. The van der Waals surface area contributed by atoms with Crippen LogP contribution >= 0.6 is 0 Å². The SMILES string of the molecule is CCCC1=COC[C@@H]1O. The van der Waals surface area contributed by atoms with Gasteiger partial charge < -0.3 is 9.84 Å². The summed E-state index contributed by atoms with van der Waals surface area (Å²) in [5.41, 5.74) is 1.04. The Morgan fingerprint density at radius 2 is 2.67 bits per heavy atom. The summed E-state index contributed by atoms with van der Waals surface area (Å²) in [4.78, 5) is 0. The summed E-state index contributed by atoms with van der Waals surface area (Å²) in [7, 11) is 0. The van der Waals surface area contributed by atoms with E-state index in [0.717, 1.165) is 18.4 Å². The third kappa shape index (κ3) is 1.45. The maximum Gasteiger partial charge on any atom is 0.117 e. The molecule has 1 N–H and O–H groups in total. The molecule has 0 aromatic heterocycles. The van der Waals surface area contributed by atoms with Crippen LogP contribution in [0.25, 0.3) is 0 Å². The maximum atomic E-state index is 9.13. The third-order valence-corrected chi connectivity index (χ3v) is 1.46. The monoisotopic (exact) mass is 128 g/mol. The van der Waals surface area contributed by atoms with Gasteiger partial charge in [0.05, 0.1) is 6.26 Å². The maximum absolute atomic E-state index is 9.13. The molecule has 0 saturated carbocycles. The van der Waals surface area contributed by atoms with Gasteiger partial charge in [0.1, 0.15) is 12.7 Å². The normalized spacial score (nSPS) is 25.6. The predicted octanol–water partition coefficient (Wildman–Crippen LogP) is 1.06. The van der Waals surface area contributed by atoms with E-state index in [1.165, 1.54) is 0 Å². The summed E-state index contributed by atoms with van der Waals surface area (Å²) in [6, 6.07) is 0. The van der Waals surface area contributed by atoms with Gasteiger partial charge in [-0.2, -0.15) is 0 Å². The zero-order valence-electron chi connectivity index (χ0n) is 5.63. The van der Waals surface area contributed by atoms with Crippen molar-refractivity contribution in [2.75, 3.05) is 6.61 Å². The van der Waals surface area contributed by atoms with Crippen molar-refractivity contribution >= 4 is 0 Å². The standard InChI is InChI=1S/C7H12O2/c1-2-3-6-4-9-5-7(6)8/h4,7-8H,2-3,5H2,1H3/t7-/m0/s1. The first-order valence-corrected chi connectivity index (χ1v) is 3.33. The van der Waals surface area contributed by atoms with Gasteiger partial charge in [0.15, 0.2) is 0 Å². The molecule has 1 heterocycles. The highest BCUT2D eigenvalue weighted by atomic mass is 16.5. The smallest absolute Gasteiger partial charge is 0.117 e. The van der Waals surface area contributed by atoms with E-state index in [1.54, 1.807) is 6.26 Å². The number of hydrogen-bond acceptors (Lipinski definition) is 2. The van der Waals surface area contributed by atoms with Crippen LogP contribution in [0.3, 0.4) is 0 Å². The van der Waals surface area contributed by atoms with Crippen molar-refractivity contribution in [3.05, 3.63) is 11.8 Å². The second-order valence-electron chi connectivity index (χ2n) is 2.29. The lowest BCUT2D eigenvalue weighted by Gasteiger charge is -2.01. The zero-order valence-corrected chi connectivity index (χ0v) is 5.63. The van der Waals surface area contributed by atoms with E-state index >= 15 is 0 Å². The van der Waals surface area contributed by atoms with Crippen molar-refractivity contribution in [3.63, 3.8) is 0 Å². The van der Waals surface area contributed by atoms with Gasteiger partial charge in [-0.15, -0.1) is 0 Å². The van der Waals surface area contributed by atoms with Crippen LogP contribution in [0, 0.1) is 0 Å². The van der Waals surface area contributed by atoms with Gasteiger partial charge in [0.25, 0.3) is 0 Å². The molecule has 0 radical (unpaired) electrons. The van der Waals surface area contributed by atoms with Crippen LogP contribution < -0.4 is 0 Å². The second-order valence-corrected chi connectivity index (χ2v) is 2.29. The van der Waals surface area contributed by atoms with Gasteiger partial charge in [-0.05, 0) is 12.0 Å². The van der Waals surface area contributed by atoms with Crippen molar-refractivity contribution in [3.8, 4) is 0 Å². The molecule has 0 aliphatic carbocycles. The molecule has 9 heavy (non-hydrogen) atoms. The fourth-order valence-corrected chi connectivity index (χ4v) is 0.946. The lowest BCUT2D eigenvalue weighted by molar-refractivity contribution is 0.141. The molecule has 0 saturated heterocycles. The van der Waals surface area contributed by atoms with E-state index < -0.39 is 0 Å². The molecular formula is C7H12O2. The highest BCUT2D eigenvalue weighted by Gasteiger charge is 2.15. The van der Waals surface area contributed by atoms with E-state index in [1.807, 2.05) is 0 Å². The van der Waals surface area contributed by atoms with Crippen LogP contribution in [0.1, 0.15) is 19.8 Å². The average molecular weight is 128 g/mol. The third-order valence-electron chi connectivity index (χ3n) is 1.46. The number of aliphatic hydroxyl groups is 1. The molecule has 0 amide bonds. The molecular weight excluding hydrogens is 116 g/mol. The van der Waals surface area contributed by atoms with Crippen LogP contribution in [0.5, 0.6) is 0 Å². The van der Waals surface area contributed by atoms with E-state index in [-0.39, 0.29) is 6.10 Å². The molecule has 0 fully saturated rings. The average Bonchev–Trinajstić information content (AvgIpc) is 2.18. The Balaban J connectivity index is 2.38. The molecule has 0 bridgehead atoms. The van der Waals surface area contributed by atoms with Crippen LogP contribution in [-0.4, -0.2) is 17.8 Å². The molecule has 0 unspecified atom stereocenters. The Bertz CT molecular complexity index is 118. The Morgan fingerprint density at radius 1 is 1.89 bits per heavy atom. The van der Waals surface area contributed by atoms with Crippen molar-refractivity contribution in [1.82, 2.24) is 0 Å². The second kappa shape index (κ2) is 2.87. The molecule has 52 valence electrons. The zero-order chi connectivity index (χ0) is 6.69. The topological polar surface area (TPSA) is 29.5 Å². The Morgan fingerprint density at radius 3 is 3.11 bits per heavy atom. The molecule has 1 aliphatic heterocycles. The van der Waals surface area contributed by atoms with Crippen molar-refractivity contribution in [2.24, 2.45) is 0 Å². The van der Waals surface area contributed by atoms with Gasteiger partial charge >= 0.3 is 0 Å². The Kier molecular flexibility index (Phi) is 2.11. The minimum atomic E-state index is -0.329. The minimum Gasteiger partial charge on any atom is -0.498 e. The summed E-state index contributed by atoms with van der Waals surface area (Å²) in [5, 5.41) is 9.13. The number of hydrogen-bond donors (Lipinski definition) is 1. The first-order valence-electron chi connectivity index (χ1n) is 3.33. The summed E-state index contributed by atoms with van der Waals surface area (Å²) in [6.07, 6.45) is 3.38. The molecule has 0 aromatic rings. The van der Waals surface area contributed by atoms with Gasteiger partial charge in [0, 0.05) is 0 Å². The van der Waals surface area contributed by atoms with Crippen LogP contribution in [0.2, 0.25) is 0 Å². The fourth-order valence-electron chi connectivity index (χ4n) is 0.946.